The number of carbonyl (C=O) groups excluding carboxylic acids is 1. The van der Waals surface area contributed by atoms with Crippen molar-refractivity contribution in [2.75, 3.05) is 27.2 Å². The van der Waals surface area contributed by atoms with Gasteiger partial charge in [-0.2, -0.15) is 0 Å². The van der Waals surface area contributed by atoms with Crippen molar-refractivity contribution in [2.45, 2.75) is 97.3 Å². The van der Waals surface area contributed by atoms with Gasteiger partial charge in [0.1, 0.15) is 0 Å². The van der Waals surface area contributed by atoms with Crippen LogP contribution in [-0.4, -0.2) is 49.1 Å². The fourth-order valence-electron chi connectivity index (χ4n) is 2.64. The zero-order chi connectivity index (χ0) is 20.0. The third-order valence-corrected chi connectivity index (χ3v) is 4.11. The van der Waals surface area contributed by atoms with Crippen LogP contribution in [0.3, 0.4) is 0 Å². The molecule has 26 heavy (non-hydrogen) atoms. The van der Waals surface area contributed by atoms with Crippen LogP contribution in [0.15, 0.2) is 0 Å². The topological polar surface area (TPSA) is 69.6 Å². The van der Waals surface area contributed by atoms with Gasteiger partial charge >= 0.3 is 0 Å². The van der Waals surface area contributed by atoms with Gasteiger partial charge < -0.3 is 15.3 Å². The van der Waals surface area contributed by atoms with Gasteiger partial charge in [0.15, 0.2) is 0 Å². The zero-order valence-electron chi connectivity index (χ0n) is 17.8. The van der Waals surface area contributed by atoms with E-state index in [1.165, 1.54) is 57.8 Å². The molecule has 0 fully saturated rings. The molecule has 5 nitrogen and oxygen atoms in total. The van der Waals surface area contributed by atoms with Crippen molar-refractivity contribution in [2.24, 2.45) is 0 Å². The van der Waals surface area contributed by atoms with Crippen molar-refractivity contribution < 1.29 is 14.7 Å². The molecular formula is C21H44N2O3. The van der Waals surface area contributed by atoms with Gasteiger partial charge in [-0.15, -0.1) is 0 Å². The SMILES string of the molecule is CC(=O)O.CCCCCCCCCCCCNC(=O)CCCCN(C)C. The average Bonchev–Trinajstić information content (AvgIpc) is 2.56. The lowest BCUT2D eigenvalue weighted by Crippen LogP contribution is -2.24. The van der Waals surface area contributed by atoms with E-state index in [0.717, 1.165) is 39.3 Å². The Bertz CT molecular complexity index is 316. The second-order valence-corrected chi connectivity index (χ2v) is 7.31. The first kappa shape index (κ1) is 27.1. The summed E-state index contributed by atoms with van der Waals surface area (Å²) in [5.41, 5.74) is 0. The first-order chi connectivity index (χ1) is 12.4. The summed E-state index contributed by atoms with van der Waals surface area (Å²) in [5.74, 6) is -0.602. The number of hydrogen-bond donors (Lipinski definition) is 2. The molecule has 0 aromatic rings. The van der Waals surface area contributed by atoms with Crippen molar-refractivity contribution in [1.82, 2.24) is 10.2 Å². The lowest BCUT2D eigenvalue weighted by Gasteiger charge is -2.09. The predicted molar refractivity (Wildman–Crippen MR) is 111 cm³/mol. The molecule has 0 heterocycles. The second kappa shape index (κ2) is 21.9. The summed E-state index contributed by atoms with van der Waals surface area (Å²) in [6.07, 6.45) is 16.2. The van der Waals surface area contributed by atoms with Gasteiger partial charge in [-0.25, -0.2) is 0 Å². The summed E-state index contributed by atoms with van der Waals surface area (Å²) in [6, 6.07) is 0. The molecule has 0 aliphatic carbocycles. The minimum absolute atomic E-state index is 0.231. The van der Waals surface area contributed by atoms with E-state index in [-0.39, 0.29) is 5.91 Å². The van der Waals surface area contributed by atoms with Gasteiger partial charge in [-0.1, -0.05) is 64.7 Å². The third kappa shape index (κ3) is 30.7. The summed E-state index contributed by atoms with van der Waals surface area (Å²) in [7, 11) is 4.15. The Morgan fingerprint density at radius 1 is 0.808 bits per heavy atom. The van der Waals surface area contributed by atoms with Crippen molar-refractivity contribution in [3.63, 3.8) is 0 Å². The van der Waals surface area contributed by atoms with Crippen LogP contribution < -0.4 is 5.32 Å². The first-order valence-corrected chi connectivity index (χ1v) is 10.5. The van der Waals surface area contributed by atoms with E-state index in [1.807, 2.05) is 0 Å². The number of nitrogens with zero attached hydrogens (tertiary/aromatic N) is 1. The maximum atomic E-state index is 11.6. The number of hydrogen-bond acceptors (Lipinski definition) is 3. The smallest absolute Gasteiger partial charge is 0.300 e. The fraction of sp³-hybridized carbons (Fsp3) is 0.905. The van der Waals surface area contributed by atoms with Crippen LogP contribution in [0.5, 0.6) is 0 Å². The third-order valence-electron chi connectivity index (χ3n) is 4.11. The Morgan fingerprint density at radius 3 is 1.73 bits per heavy atom. The molecule has 0 unspecified atom stereocenters. The van der Waals surface area contributed by atoms with E-state index in [0.29, 0.717) is 6.42 Å². The number of nitrogens with one attached hydrogen (secondary N) is 1. The normalized spacial score (nSPS) is 10.3. The van der Waals surface area contributed by atoms with E-state index < -0.39 is 5.97 Å². The van der Waals surface area contributed by atoms with Gasteiger partial charge in [-0.3, -0.25) is 9.59 Å². The van der Waals surface area contributed by atoms with Gasteiger partial charge in [0, 0.05) is 19.9 Å². The lowest BCUT2D eigenvalue weighted by atomic mass is 10.1. The molecule has 0 saturated heterocycles. The van der Waals surface area contributed by atoms with Crippen LogP contribution in [0.25, 0.3) is 0 Å². The zero-order valence-corrected chi connectivity index (χ0v) is 17.8. The highest BCUT2D eigenvalue weighted by atomic mass is 16.4. The summed E-state index contributed by atoms with van der Waals surface area (Å²) < 4.78 is 0. The van der Waals surface area contributed by atoms with Crippen LogP contribution in [0.4, 0.5) is 0 Å². The number of rotatable bonds is 16. The molecule has 0 radical (unpaired) electrons. The van der Waals surface area contributed by atoms with Crippen molar-refractivity contribution >= 4 is 11.9 Å². The molecule has 0 saturated carbocycles. The quantitative estimate of drug-likeness (QED) is 0.380. The van der Waals surface area contributed by atoms with Gasteiger partial charge in [-0.05, 0) is 39.9 Å². The summed E-state index contributed by atoms with van der Waals surface area (Å²) in [6.45, 7) is 5.29. The molecule has 156 valence electrons. The largest absolute Gasteiger partial charge is 0.481 e. The molecule has 0 bridgehead atoms. The highest BCUT2D eigenvalue weighted by Crippen LogP contribution is 2.10. The summed E-state index contributed by atoms with van der Waals surface area (Å²) in [4.78, 5) is 22.8. The van der Waals surface area contributed by atoms with E-state index in [4.69, 9.17) is 9.90 Å². The number of unbranched alkanes of at least 4 members (excludes halogenated alkanes) is 10. The Balaban J connectivity index is 0. The highest BCUT2D eigenvalue weighted by molar-refractivity contribution is 5.75. The van der Waals surface area contributed by atoms with Gasteiger partial charge in [0.05, 0.1) is 0 Å². The minimum atomic E-state index is -0.833. The average molecular weight is 373 g/mol. The first-order valence-electron chi connectivity index (χ1n) is 10.5. The van der Waals surface area contributed by atoms with Crippen LogP contribution in [0.2, 0.25) is 0 Å². The maximum Gasteiger partial charge on any atom is 0.300 e. The van der Waals surface area contributed by atoms with Gasteiger partial charge in [0.25, 0.3) is 5.97 Å². The maximum absolute atomic E-state index is 11.6. The summed E-state index contributed by atoms with van der Waals surface area (Å²) >= 11 is 0. The molecule has 0 atom stereocenters. The van der Waals surface area contributed by atoms with Gasteiger partial charge in [0.2, 0.25) is 5.91 Å². The Kier molecular flexibility index (Phi) is 22.9. The number of carboxylic acids is 1. The standard InChI is InChI=1S/C19H40N2O.C2H4O2/c1-4-5-6-7-8-9-10-11-12-14-17-20-19(22)16-13-15-18-21(2)3;1-2(3)4/h4-18H2,1-3H3,(H,20,22);1H3,(H,3,4). The van der Waals surface area contributed by atoms with Crippen molar-refractivity contribution in [1.29, 1.82) is 0 Å². The Morgan fingerprint density at radius 2 is 1.27 bits per heavy atom. The van der Waals surface area contributed by atoms with Crippen LogP contribution >= 0.6 is 0 Å². The van der Waals surface area contributed by atoms with Crippen molar-refractivity contribution in [3.8, 4) is 0 Å². The monoisotopic (exact) mass is 372 g/mol. The van der Waals surface area contributed by atoms with Crippen LogP contribution in [-0.2, 0) is 9.59 Å². The molecule has 0 rings (SSSR count). The number of carboxylic acid groups (broad SMARTS) is 1. The molecule has 0 spiro atoms. The second-order valence-electron chi connectivity index (χ2n) is 7.31. The van der Waals surface area contributed by atoms with Crippen LogP contribution in [0.1, 0.15) is 97.3 Å². The van der Waals surface area contributed by atoms with Crippen LogP contribution in [0, 0.1) is 0 Å². The van der Waals surface area contributed by atoms with E-state index in [1.54, 1.807) is 0 Å². The Labute approximate surface area is 161 Å². The molecule has 2 N–H and O–H groups in total. The van der Waals surface area contributed by atoms with Crippen molar-refractivity contribution in [3.05, 3.63) is 0 Å². The Hall–Kier alpha value is -1.10. The molecule has 0 aliphatic rings. The lowest BCUT2D eigenvalue weighted by molar-refractivity contribution is -0.134. The number of amides is 1. The fourth-order valence-corrected chi connectivity index (χ4v) is 2.64. The van der Waals surface area contributed by atoms with E-state index in [9.17, 15) is 4.79 Å². The molecule has 0 aliphatic heterocycles. The molecule has 1 amide bonds. The number of carbonyl (C=O) groups is 2. The summed E-state index contributed by atoms with van der Waals surface area (Å²) in [5, 5.41) is 10.5. The number of aliphatic carboxylic acids is 1. The van der Waals surface area contributed by atoms with E-state index >= 15 is 0 Å². The molecule has 5 heteroatoms. The molecule has 0 aromatic heterocycles. The minimum Gasteiger partial charge on any atom is -0.481 e. The van der Waals surface area contributed by atoms with E-state index in [2.05, 4.69) is 31.2 Å². The molecular weight excluding hydrogens is 328 g/mol. The predicted octanol–water partition coefficient (Wildman–Crippen LogP) is 4.85. The highest BCUT2D eigenvalue weighted by Gasteiger charge is 2.00. The molecule has 0 aromatic carbocycles.